The van der Waals surface area contributed by atoms with Gasteiger partial charge in [-0.3, -0.25) is 4.79 Å². The van der Waals surface area contributed by atoms with Gasteiger partial charge in [-0.15, -0.1) is 11.3 Å². The van der Waals surface area contributed by atoms with E-state index in [-0.39, 0.29) is 4.88 Å². The van der Waals surface area contributed by atoms with Gasteiger partial charge in [0.25, 0.3) is 5.91 Å². The number of rotatable bonds is 2. The summed E-state index contributed by atoms with van der Waals surface area (Å²) in [5.74, 6) is -11.8. The van der Waals surface area contributed by atoms with Crippen LogP contribution in [0.2, 0.25) is 0 Å². The number of benzene rings is 1. The van der Waals surface area contributed by atoms with Gasteiger partial charge in [0.1, 0.15) is 5.69 Å². The molecule has 112 valence electrons. The molecule has 0 saturated carbocycles. The first-order valence-corrected chi connectivity index (χ1v) is 7.42. The van der Waals surface area contributed by atoms with E-state index in [0.717, 1.165) is 11.3 Å². The van der Waals surface area contributed by atoms with Crippen LogP contribution in [0, 0.1) is 29.1 Å². The van der Waals surface area contributed by atoms with E-state index in [9.17, 15) is 26.7 Å². The number of nitrogens with one attached hydrogen (secondary N) is 1. The summed E-state index contributed by atoms with van der Waals surface area (Å²) in [7, 11) is 0. The van der Waals surface area contributed by atoms with E-state index in [4.69, 9.17) is 0 Å². The molecule has 1 aromatic heterocycles. The van der Waals surface area contributed by atoms with Crippen LogP contribution in [-0.4, -0.2) is 5.91 Å². The lowest BCUT2D eigenvalue weighted by molar-refractivity contribution is 0.102. The van der Waals surface area contributed by atoms with Gasteiger partial charge in [0.05, 0.1) is 8.66 Å². The number of anilines is 1. The molecule has 2 rings (SSSR count). The van der Waals surface area contributed by atoms with E-state index in [1.54, 1.807) is 5.32 Å². The molecular formula is C11H2Br2F5NOS. The topological polar surface area (TPSA) is 29.1 Å². The average Bonchev–Trinajstić information content (AvgIpc) is 2.79. The Morgan fingerprint density at radius 1 is 0.952 bits per heavy atom. The van der Waals surface area contributed by atoms with Crippen LogP contribution in [-0.2, 0) is 0 Å². The minimum atomic E-state index is -2.29. The third kappa shape index (κ3) is 2.97. The maximum absolute atomic E-state index is 13.4. The number of amides is 1. The standard InChI is InChI=1S/C11H2Br2F5NOS/c12-2-1-3(21-10(2)13)11(20)19-9-7(17)5(15)4(14)6(16)8(9)18/h1H,(H,19,20). The summed E-state index contributed by atoms with van der Waals surface area (Å²) in [6.07, 6.45) is 0. The first-order chi connectivity index (χ1) is 9.73. The third-order valence-electron chi connectivity index (χ3n) is 2.32. The lowest BCUT2D eigenvalue weighted by Crippen LogP contribution is -2.16. The van der Waals surface area contributed by atoms with Crippen LogP contribution in [0.3, 0.4) is 0 Å². The van der Waals surface area contributed by atoms with Crippen LogP contribution < -0.4 is 5.32 Å². The molecule has 1 heterocycles. The minimum Gasteiger partial charge on any atom is -0.316 e. The summed E-state index contributed by atoms with van der Waals surface area (Å²) in [6.45, 7) is 0. The molecule has 0 aliphatic heterocycles. The Hall–Kier alpha value is -1.00. The molecule has 0 aliphatic carbocycles. The Morgan fingerprint density at radius 2 is 1.43 bits per heavy atom. The van der Waals surface area contributed by atoms with Gasteiger partial charge >= 0.3 is 0 Å². The van der Waals surface area contributed by atoms with Crippen LogP contribution in [0.1, 0.15) is 9.67 Å². The molecule has 0 atom stereocenters. The first kappa shape index (κ1) is 16.4. The molecule has 0 fully saturated rings. The Bertz CT molecular complexity index is 700. The molecule has 0 aliphatic rings. The second-order valence-corrected chi connectivity index (χ2v) is 6.86. The Balaban J connectivity index is 2.42. The van der Waals surface area contributed by atoms with Crippen molar-refractivity contribution in [2.75, 3.05) is 5.32 Å². The van der Waals surface area contributed by atoms with Crippen molar-refractivity contribution in [1.29, 1.82) is 0 Å². The average molecular weight is 451 g/mol. The van der Waals surface area contributed by atoms with Gasteiger partial charge in [-0.1, -0.05) is 0 Å². The molecule has 1 N–H and O–H groups in total. The number of hydrogen-bond donors (Lipinski definition) is 1. The lowest BCUT2D eigenvalue weighted by atomic mass is 10.2. The monoisotopic (exact) mass is 449 g/mol. The fraction of sp³-hybridized carbons (Fsp3) is 0. The zero-order valence-electron chi connectivity index (χ0n) is 9.54. The number of halogens is 7. The maximum atomic E-state index is 13.4. The van der Waals surface area contributed by atoms with Gasteiger partial charge in [-0.05, 0) is 37.9 Å². The number of carbonyl (C=O) groups excluding carboxylic acids is 1. The molecule has 1 aromatic carbocycles. The number of hydrogen-bond acceptors (Lipinski definition) is 2. The molecule has 1 amide bonds. The van der Waals surface area contributed by atoms with Crippen LogP contribution in [0.4, 0.5) is 27.6 Å². The predicted octanol–water partition coefficient (Wildman–Crippen LogP) is 5.22. The molecule has 2 nitrogen and oxygen atoms in total. The lowest BCUT2D eigenvalue weighted by Gasteiger charge is -2.08. The zero-order valence-corrected chi connectivity index (χ0v) is 13.5. The molecule has 21 heavy (non-hydrogen) atoms. The molecule has 0 bridgehead atoms. The molecule has 0 spiro atoms. The number of thiophene rings is 1. The highest BCUT2D eigenvalue weighted by molar-refractivity contribution is 9.13. The summed E-state index contributed by atoms with van der Waals surface area (Å²) in [6, 6.07) is 1.33. The van der Waals surface area contributed by atoms with Crippen LogP contribution >= 0.6 is 43.2 Å². The van der Waals surface area contributed by atoms with Crippen LogP contribution in [0.15, 0.2) is 14.3 Å². The summed E-state index contributed by atoms with van der Waals surface area (Å²) >= 11 is 7.12. The van der Waals surface area contributed by atoms with Crippen molar-refractivity contribution >= 4 is 54.8 Å². The van der Waals surface area contributed by atoms with Gasteiger partial charge in [0, 0.05) is 4.47 Å². The maximum Gasteiger partial charge on any atom is 0.265 e. The third-order valence-corrected chi connectivity index (χ3v) is 5.57. The Labute approximate surface area is 135 Å². The van der Waals surface area contributed by atoms with Crippen LogP contribution in [0.5, 0.6) is 0 Å². The second kappa shape index (κ2) is 6.01. The van der Waals surface area contributed by atoms with E-state index in [1.807, 2.05) is 0 Å². The highest BCUT2D eigenvalue weighted by Gasteiger charge is 2.27. The van der Waals surface area contributed by atoms with E-state index >= 15 is 0 Å². The molecule has 0 saturated heterocycles. The largest absolute Gasteiger partial charge is 0.316 e. The van der Waals surface area contributed by atoms with Crippen molar-refractivity contribution in [2.45, 2.75) is 0 Å². The molecule has 2 aromatic rings. The fourth-order valence-corrected chi connectivity index (χ4v) is 3.28. The molecule has 0 radical (unpaired) electrons. The SMILES string of the molecule is O=C(Nc1c(F)c(F)c(F)c(F)c1F)c1cc(Br)c(Br)s1. The quantitative estimate of drug-likeness (QED) is 0.379. The van der Waals surface area contributed by atoms with E-state index in [2.05, 4.69) is 31.9 Å². The van der Waals surface area contributed by atoms with Gasteiger partial charge in [0.15, 0.2) is 23.3 Å². The minimum absolute atomic E-state index is 0.0118. The van der Waals surface area contributed by atoms with E-state index in [1.165, 1.54) is 6.07 Å². The second-order valence-electron chi connectivity index (χ2n) is 3.63. The number of carbonyl (C=O) groups is 1. The van der Waals surface area contributed by atoms with Crippen molar-refractivity contribution in [1.82, 2.24) is 0 Å². The molecule has 0 unspecified atom stereocenters. The van der Waals surface area contributed by atoms with E-state index < -0.39 is 40.7 Å². The van der Waals surface area contributed by atoms with Crippen molar-refractivity contribution in [3.63, 3.8) is 0 Å². The van der Waals surface area contributed by atoms with Crippen molar-refractivity contribution in [3.8, 4) is 0 Å². The highest BCUT2D eigenvalue weighted by Crippen LogP contribution is 2.33. The van der Waals surface area contributed by atoms with E-state index in [0.29, 0.717) is 8.26 Å². The van der Waals surface area contributed by atoms with Crippen LogP contribution in [0.25, 0.3) is 0 Å². The highest BCUT2D eigenvalue weighted by atomic mass is 79.9. The van der Waals surface area contributed by atoms with Gasteiger partial charge in [0.2, 0.25) is 5.82 Å². The summed E-state index contributed by atoms with van der Waals surface area (Å²) < 4.78 is 66.7. The Kier molecular flexibility index (Phi) is 4.69. The first-order valence-electron chi connectivity index (χ1n) is 5.01. The normalized spacial score (nSPS) is 10.8. The molecular weight excluding hydrogens is 449 g/mol. The smallest absolute Gasteiger partial charge is 0.265 e. The van der Waals surface area contributed by atoms with Gasteiger partial charge in [-0.25, -0.2) is 22.0 Å². The van der Waals surface area contributed by atoms with Crippen molar-refractivity contribution in [2.24, 2.45) is 0 Å². The van der Waals surface area contributed by atoms with Crippen molar-refractivity contribution in [3.05, 3.63) is 48.3 Å². The summed E-state index contributed by atoms with van der Waals surface area (Å²) in [4.78, 5) is 11.8. The molecule has 10 heteroatoms. The summed E-state index contributed by atoms with van der Waals surface area (Å²) in [5.41, 5.74) is -1.39. The van der Waals surface area contributed by atoms with Gasteiger partial charge in [-0.2, -0.15) is 0 Å². The predicted molar refractivity (Wildman–Crippen MR) is 73.9 cm³/mol. The zero-order chi connectivity index (χ0) is 15.9. The van der Waals surface area contributed by atoms with Gasteiger partial charge < -0.3 is 5.32 Å². The Morgan fingerprint density at radius 3 is 1.86 bits per heavy atom. The summed E-state index contributed by atoms with van der Waals surface area (Å²) in [5, 5.41) is 1.68. The van der Waals surface area contributed by atoms with Crippen molar-refractivity contribution < 1.29 is 26.7 Å². The fourth-order valence-electron chi connectivity index (χ4n) is 1.35.